The Morgan fingerprint density at radius 2 is 2.05 bits per heavy atom. The standard InChI is InChI=1S/C16H24FNO/c1-16(2,3)18-11-12-7-6-10-19-15(12)13-8-4-5-9-14(13)17/h4-5,8-9,12,15,18H,6-7,10-11H2,1-3H3. The van der Waals surface area contributed by atoms with Gasteiger partial charge in [-0.05, 0) is 39.7 Å². The van der Waals surface area contributed by atoms with Gasteiger partial charge in [-0.25, -0.2) is 4.39 Å². The molecule has 2 atom stereocenters. The SMILES string of the molecule is CC(C)(C)NCC1CCCOC1c1ccccc1F. The molecule has 2 unspecified atom stereocenters. The third kappa shape index (κ3) is 4.02. The summed E-state index contributed by atoms with van der Waals surface area (Å²) in [5, 5.41) is 3.51. The van der Waals surface area contributed by atoms with Gasteiger partial charge in [0.25, 0.3) is 0 Å². The molecule has 1 fully saturated rings. The van der Waals surface area contributed by atoms with E-state index in [9.17, 15) is 4.39 Å². The molecule has 0 aliphatic carbocycles. The fraction of sp³-hybridized carbons (Fsp3) is 0.625. The van der Waals surface area contributed by atoms with Crippen molar-refractivity contribution in [2.75, 3.05) is 13.2 Å². The molecule has 1 N–H and O–H groups in total. The van der Waals surface area contributed by atoms with Crippen molar-refractivity contribution in [2.45, 2.75) is 45.3 Å². The number of benzene rings is 1. The van der Waals surface area contributed by atoms with Gasteiger partial charge in [-0.15, -0.1) is 0 Å². The molecule has 19 heavy (non-hydrogen) atoms. The van der Waals surface area contributed by atoms with Crippen molar-refractivity contribution in [1.29, 1.82) is 0 Å². The molecule has 3 heteroatoms. The van der Waals surface area contributed by atoms with Crippen LogP contribution < -0.4 is 5.32 Å². The normalized spacial score (nSPS) is 24.4. The smallest absolute Gasteiger partial charge is 0.129 e. The molecule has 0 aromatic heterocycles. The Morgan fingerprint density at radius 3 is 2.74 bits per heavy atom. The van der Waals surface area contributed by atoms with Crippen LogP contribution in [-0.4, -0.2) is 18.7 Å². The summed E-state index contributed by atoms with van der Waals surface area (Å²) < 4.78 is 19.8. The largest absolute Gasteiger partial charge is 0.373 e. The van der Waals surface area contributed by atoms with Gasteiger partial charge in [0.1, 0.15) is 5.82 Å². The number of ether oxygens (including phenoxy) is 1. The number of halogens is 1. The molecular weight excluding hydrogens is 241 g/mol. The summed E-state index contributed by atoms with van der Waals surface area (Å²) in [7, 11) is 0. The van der Waals surface area contributed by atoms with Crippen molar-refractivity contribution >= 4 is 0 Å². The summed E-state index contributed by atoms with van der Waals surface area (Å²) in [6.45, 7) is 8.03. The van der Waals surface area contributed by atoms with Crippen LogP contribution in [0.25, 0.3) is 0 Å². The van der Waals surface area contributed by atoms with Gasteiger partial charge in [0.05, 0.1) is 6.10 Å². The zero-order valence-electron chi connectivity index (χ0n) is 12.1. The lowest BCUT2D eigenvalue weighted by Crippen LogP contribution is -2.41. The maximum Gasteiger partial charge on any atom is 0.129 e. The molecule has 0 amide bonds. The zero-order chi connectivity index (χ0) is 13.9. The summed E-state index contributed by atoms with van der Waals surface area (Å²) >= 11 is 0. The van der Waals surface area contributed by atoms with Crippen LogP contribution >= 0.6 is 0 Å². The highest BCUT2D eigenvalue weighted by molar-refractivity contribution is 5.21. The molecule has 1 aromatic rings. The van der Waals surface area contributed by atoms with Crippen LogP contribution in [0, 0.1) is 11.7 Å². The van der Waals surface area contributed by atoms with Crippen molar-refractivity contribution in [2.24, 2.45) is 5.92 Å². The predicted octanol–water partition coefficient (Wildman–Crippen LogP) is 3.68. The Bertz CT molecular complexity index is 413. The summed E-state index contributed by atoms with van der Waals surface area (Å²) in [4.78, 5) is 0. The van der Waals surface area contributed by atoms with E-state index in [0.29, 0.717) is 11.5 Å². The number of nitrogens with one attached hydrogen (secondary N) is 1. The fourth-order valence-corrected chi connectivity index (χ4v) is 2.54. The fourth-order valence-electron chi connectivity index (χ4n) is 2.54. The number of hydrogen-bond donors (Lipinski definition) is 1. The molecule has 2 rings (SSSR count). The second-order valence-corrected chi connectivity index (χ2v) is 6.35. The van der Waals surface area contributed by atoms with Gasteiger partial charge in [-0.1, -0.05) is 18.2 Å². The first kappa shape index (κ1) is 14.5. The Balaban J connectivity index is 2.10. The molecule has 2 nitrogen and oxygen atoms in total. The molecule has 0 spiro atoms. The number of rotatable bonds is 3. The summed E-state index contributed by atoms with van der Waals surface area (Å²) in [5.41, 5.74) is 0.778. The predicted molar refractivity (Wildman–Crippen MR) is 75.6 cm³/mol. The van der Waals surface area contributed by atoms with E-state index < -0.39 is 0 Å². The molecule has 0 radical (unpaired) electrons. The summed E-state index contributed by atoms with van der Waals surface area (Å²) in [6, 6.07) is 6.96. The monoisotopic (exact) mass is 265 g/mol. The quantitative estimate of drug-likeness (QED) is 0.900. The van der Waals surface area contributed by atoms with Crippen LogP contribution in [0.2, 0.25) is 0 Å². The molecular formula is C16H24FNO. The topological polar surface area (TPSA) is 21.3 Å². The molecule has 0 saturated carbocycles. The van der Waals surface area contributed by atoms with Crippen molar-refractivity contribution in [3.63, 3.8) is 0 Å². The Hall–Kier alpha value is -0.930. The van der Waals surface area contributed by atoms with Crippen molar-refractivity contribution in [3.8, 4) is 0 Å². The van der Waals surface area contributed by atoms with Crippen LogP contribution in [0.3, 0.4) is 0 Å². The molecule has 1 aliphatic rings. The minimum absolute atomic E-state index is 0.0806. The van der Waals surface area contributed by atoms with E-state index in [1.54, 1.807) is 6.07 Å². The van der Waals surface area contributed by atoms with Crippen LogP contribution in [0.15, 0.2) is 24.3 Å². The van der Waals surface area contributed by atoms with Crippen molar-refractivity contribution < 1.29 is 9.13 Å². The van der Waals surface area contributed by atoms with Gasteiger partial charge in [0.15, 0.2) is 0 Å². The lowest BCUT2D eigenvalue weighted by molar-refractivity contribution is -0.0311. The van der Waals surface area contributed by atoms with Crippen LogP contribution in [0.1, 0.15) is 45.3 Å². The van der Waals surface area contributed by atoms with Gasteiger partial charge in [-0.3, -0.25) is 0 Å². The summed E-state index contributed by atoms with van der Waals surface area (Å²) in [6.07, 6.45) is 2.02. The first-order valence-corrected chi connectivity index (χ1v) is 7.08. The molecule has 0 bridgehead atoms. The van der Waals surface area contributed by atoms with E-state index in [0.717, 1.165) is 26.0 Å². The molecule has 1 saturated heterocycles. The first-order valence-electron chi connectivity index (χ1n) is 7.08. The van der Waals surface area contributed by atoms with E-state index in [1.807, 2.05) is 12.1 Å². The van der Waals surface area contributed by atoms with E-state index in [-0.39, 0.29) is 17.5 Å². The van der Waals surface area contributed by atoms with Gasteiger partial charge in [0, 0.05) is 30.2 Å². The van der Waals surface area contributed by atoms with Crippen LogP contribution in [-0.2, 0) is 4.74 Å². The van der Waals surface area contributed by atoms with E-state index >= 15 is 0 Å². The minimum atomic E-state index is -0.157. The minimum Gasteiger partial charge on any atom is -0.373 e. The second kappa shape index (κ2) is 6.02. The van der Waals surface area contributed by atoms with Crippen LogP contribution in [0.4, 0.5) is 4.39 Å². The van der Waals surface area contributed by atoms with E-state index in [4.69, 9.17) is 4.74 Å². The molecule has 1 aliphatic heterocycles. The highest BCUT2D eigenvalue weighted by atomic mass is 19.1. The van der Waals surface area contributed by atoms with Crippen LogP contribution in [0.5, 0.6) is 0 Å². The van der Waals surface area contributed by atoms with E-state index in [2.05, 4.69) is 26.1 Å². The average molecular weight is 265 g/mol. The maximum atomic E-state index is 13.9. The van der Waals surface area contributed by atoms with Gasteiger partial charge < -0.3 is 10.1 Å². The highest BCUT2D eigenvalue weighted by Crippen LogP contribution is 2.34. The molecule has 1 heterocycles. The van der Waals surface area contributed by atoms with Gasteiger partial charge in [-0.2, -0.15) is 0 Å². The molecule has 106 valence electrons. The Labute approximate surface area is 115 Å². The van der Waals surface area contributed by atoms with Gasteiger partial charge >= 0.3 is 0 Å². The summed E-state index contributed by atoms with van der Waals surface area (Å²) in [5.74, 6) is 0.181. The Morgan fingerprint density at radius 1 is 1.32 bits per heavy atom. The second-order valence-electron chi connectivity index (χ2n) is 6.35. The zero-order valence-corrected chi connectivity index (χ0v) is 12.1. The third-order valence-corrected chi connectivity index (χ3v) is 3.55. The lowest BCUT2D eigenvalue weighted by Gasteiger charge is -2.34. The highest BCUT2D eigenvalue weighted by Gasteiger charge is 2.29. The van der Waals surface area contributed by atoms with Crippen molar-refractivity contribution in [3.05, 3.63) is 35.6 Å². The van der Waals surface area contributed by atoms with Gasteiger partial charge in [0.2, 0.25) is 0 Å². The van der Waals surface area contributed by atoms with Crippen molar-refractivity contribution in [1.82, 2.24) is 5.32 Å². The Kier molecular flexibility index (Phi) is 4.58. The maximum absolute atomic E-state index is 13.9. The lowest BCUT2D eigenvalue weighted by atomic mass is 9.88. The average Bonchev–Trinajstić information content (AvgIpc) is 2.37. The number of hydrogen-bond acceptors (Lipinski definition) is 2. The third-order valence-electron chi connectivity index (χ3n) is 3.55. The first-order chi connectivity index (χ1) is 8.97. The molecule has 1 aromatic carbocycles. The van der Waals surface area contributed by atoms with E-state index in [1.165, 1.54) is 6.07 Å².